The summed E-state index contributed by atoms with van der Waals surface area (Å²) in [6.45, 7) is 8.89. The lowest BCUT2D eigenvalue weighted by Crippen LogP contribution is -2.34. The third-order valence-corrected chi connectivity index (χ3v) is 1.70. The van der Waals surface area contributed by atoms with Gasteiger partial charge >= 0.3 is 5.97 Å². The molecule has 0 saturated carbocycles. The number of esters is 1. The molecule has 0 rings (SSSR count). The molecule has 0 radical (unpaired) electrons. The van der Waals surface area contributed by atoms with Gasteiger partial charge in [0.15, 0.2) is 0 Å². The van der Waals surface area contributed by atoms with Gasteiger partial charge in [-0.3, -0.25) is 4.99 Å². The maximum atomic E-state index is 11.5. The predicted molar refractivity (Wildman–Crippen MR) is 58.6 cm³/mol. The van der Waals surface area contributed by atoms with Gasteiger partial charge in [0.05, 0.1) is 18.7 Å². The second-order valence-electron chi connectivity index (χ2n) is 4.86. The van der Waals surface area contributed by atoms with Crippen molar-refractivity contribution in [2.24, 2.45) is 10.4 Å². The SMILES string of the molecule is COC(=O)C(=NC(C)(C)C)C(C)(C)C#N. The largest absolute Gasteiger partial charge is 0.465 e. The molecule has 0 aromatic carbocycles. The van der Waals surface area contributed by atoms with Crippen LogP contribution >= 0.6 is 0 Å². The van der Waals surface area contributed by atoms with Crippen LogP contribution in [0.25, 0.3) is 0 Å². The Balaban J connectivity index is 5.38. The maximum absolute atomic E-state index is 11.5. The van der Waals surface area contributed by atoms with Gasteiger partial charge in [-0.15, -0.1) is 0 Å². The van der Waals surface area contributed by atoms with Crippen molar-refractivity contribution in [3.8, 4) is 6.07 Å². The Hall–Kier alpha value is -1.37. The van der Waals surface area contributed by atoms with Crippen molar-refractivity contribution in [2.75, 3.05) is 7.11 Å². The minimum atomic E-state index is -0.930. The molecule has 84 valence electrons. The van der Waals surface area contributed by atoms with Crippen molar-refractivity contribution in [2.45, 2.75) is 40.2 Å². The van der Waals surface area contributed by atoms with Crippen molar-refractivity contribution >= 4 is 11.7 Å². The molecule has 15 heavy (non-hydrogen) atoms. The van der Waals surface area contributed by atoms with Crippen LogP contribution in [0.4, 0.5) is 0 Å². The number of hydrogen-bond donors (Lipinski definition) is 0. The highest BCUT2D eigenvalue weighted by Gasteiger charge is 2.32. The molecule has 0 amide bonds. The van der Waals surface area contributed by atoms with Crippen molar-refractivity contribution < 1.29 is 9.53 Å². The molecule has 0 fully saturated rings. The summed E-state index contributed by atoms with van der Waals surface area (Å²) in [4.78, 5) is 15.7. The zero-order valence-electron chi connectivity index (χ0n) is 10.2. The Morgan fingerprint density at radius 2 is 1.73 bits per heavy atom. The number of nitrogens with zero attached hydrogens (tertiary/aromatic N) is 2. The van der Waals surface area contributed by atoms with Gasteiger partial charge in [0.2, 0.25) is 0 Å². The highest BCUT2D eigenvalue weighted by molar-refractivity contribution is 6.39. The zero-order valence-corrected chi connectivity index (χ0v) is 10.2. The van der Waals surface area contributed by atoms with Crippen LogP contribution in [0, 0.1) is 16.7 Å². The Morgan fingerprint density at radius 3 is 2.00 bits per heavy atom. The average molecular weight is 210 g/mol. The highest BCUT2D eigenvalue weighted by Crippen LogP contribution is 2.20. The lowest BCUT2D eigenvalue weighted by Gasteiger charge is -2.21. The Morgan fingerprint density at radius 1 is 1.27 bits per heavy atom. The Kier molecular flexibility index (Phi) is 4.03. The molecular formula is C11H18N2O2. The number of carbonyl (C=O) groups excluding carboxylic acids is 1. The molecule has 0 N–H and O–H groups in total. The summed E-state index contributed by atoms with van der Waals surface area (Å²) in [5.41, 5.74) is -1.17. The summed E-state index contributed by atoms with van der Waals surface area (Å²) >= 11 is 0. The van der Waals surface area contributed by atoms with Gasteiger partial charge in [0, 0.05) is 0 Å². The van der Waals surface area contributed by atoms with E-state index in [4.69, 9.17) is 5.26 Å². The second-order valence-corrected chi connectivity index (χ2v) is 4.86. The van der Waals surface area contributed by atoms with E-state index < -0.39 is 16.9 Å². The van der Waals surface area contributed by atoms with Gasteiger partial charge in [-0.05, 0) is 34.6 Å². The molecule has 4 heteroatoms. The first-order chi connectivity index (χ1) is 6.64. The third kappa shape index (κ3) is 4.11. The molecule has 0 aliphatic heterocycles. The fraction of sp³-hybridized carbons (Fsp3) is 0.727. The van der Waals surface area contributed by atoms with E-state index in [1.807, 2.05) is 26.8 Å². The van der Waals surface area contributed by atoms with Crippen molar-refractivity contribution in [1.82, 2.24) is 0 Å². The smallest absolute Gasteiger partial charge is 0.353 e. The summed E-state index contributed by atoms with van der Waals surface area (Å²) in [5.74, 6) is -0.545. The molecule has 0 heterocycles. The number of nitriles is 1. The van der Waals surface area contributed by atoms with Gasteiger partial charge in [-0.25, -0.2) is 4.79 Å². The molecule has 0 bridgehead atoms. The van der Waals surface area contributed by atoms with E-state index in [-0.39, 0.29) is 5.71 Å². The van der Waals surface area contributed by atoms with Gasteiger partial charge in [-0.1, -0.05) is 0 Å². The van der Waals surface area contributed by atoms with E-state index in [2.05, 4.69) is 9.73 Å². The van der Waals surface area contributed by atoms with Crippen LogP contribution in [0.2, 0.25) is 0 Å². The summed E-state index contributed by atoms with van der Waals surface area (Å²) in [5, 5.41) is 8.97. The molecule has 0 unspecified atom stereocenters. The lowest BCUT2D eigenvalue weighted by atomic mass is 9.88. The molecule has 0 saturated heterocycles. The fourth-order valence-electron chi connectivity index (χ4n) is 0.926. The Bertz CT molecular complexity index is 316. The molecule has 4 nitrogen and oxygen atoms in total. The summed E-state index contributed by atoms with van der Waals surface area (Å²) < 4.78 is 4.63. The van der Waals surface area contributed by atoms with Crippen LogP contribution in [0.5, 0.6) is 0 Å². The number of rotatable bonds is 2. The van der Waals surface area contributed by atoms with E-state index in [1.165, 1.54) is 7.11 Å². The minimum Gasteiger partial charge on any atom is -0.465 e. The Labute approximate surface area is 91.0 Å². The van der Waals surface area contributed by atoms with E-state index in [0.717, 1.165) is 0 Å². The van der Waals surface area contributed by atoms with Gasteiger partial charge in [0.1, 0.15) is 11.1 Å². The van der Waals surface area contributed by atoms with Crippen molar-refractivity contribution in [1.29, 1.82) is 5.26 Å². The van der Waals surface area contributed by atoms with Crippen LogP contribution in [0.15, 0.2) is 4.99 Å². The number of hydrogen-bond acceptors (Lipinski definition) is 4. The number of carbonyl (C=O) groups is 1. The normalized spacial score (nSPS) is 13.3. The van der Waals surface area contributed by atoms with Crippen LogP contribution in [-0.2, 0) is 9.53 Å². The lowest BCUT2D eigenvalue weighted by molar-refractivity contribution is -0.133. The first kappa shape index (κ1) is 13.6. The maximum Gasteiger partial charge on any atom is 0.353 e. The first-order valence-electron chi connectivity index (χ1n) is 4.74. The highest BCUT2D eigenvalue weighted by atomic mass is 16.5. The third-order valence-electron chi connectivity index (χ3n) is 1.70. The summed E-state index contributed by atoms with van der Waals surface area (Å²) in [6.07, 6.45) is 0. The molecule has 0 aromatic heterocycles. The predicted octanol–water partition coefficient (Wildman–Crippen LogP) is 1.95. The second kappa shape index (κ2) is 4.43. The molecule has 0 spiro atoms. The fourth-order valence-corrected chi connectivity index (χ4v) is 0.926. The molecule has 0 atom stereocenters. The topological polar surface area (TPSA) is 62.4 Å². The van der Waals surface area contributed by atoms with E-state index in [0.29, 0.717) is 0 Å². The van der Waals surface area contributed by atoms with Crippen molar-refractivity contribution in [3.63, 3.8) is 0 Å². The van der Waals surface area contributed by atoms with Crippen LogP contribution in [-0.4, -0.2) is 24.3 Å². The molecule has 0 aliphatic carbocycles. The number of aliphatic imine (C=N–C) groups is 1. The summed E-state index contributed by atoms with van der Waals surface area (Å²) in [7, 11) is 1.29. The van der Waals surface area contributed by atoms with E-state index >= 15 is 0 Å². The van der Waals surface area contributed by atoms with Gasteiger partial charge in [-0.2, -0.15) is 5.26 Å². The van der Waals surface area contributed by atoms with E-state index in [9.17, 15) is 4.79 Å². The van der Waals surface area contributed by atoms with Crippen molar-refractivity contribution in [3.05, 3.63) is 0 Å². The summed E-state index contributed by atoms with van der Waals surface area (Å²) in [6, 6.07) is 2.05. The van der Waals surface area contributed by atoms with E-state index in [1.54, 1.807) is 13.8 Å². The zero-order chi connectivity index (χ0) is 12.3. The minimum absolute atomic E-state index is 0.167. The molecule has 0 aromatic rings. The van der Waals surface area contributed by atoms with Crippen LogP contribution in [0.1, 0.15) is 34.6 Å². The standard InChI is InChI=1S/C11H18N2O2/c1-10(2,3)13-8(9(14)15-6)11(4,5)7-12/h1-6H3. The molecule has 0 aliphatic rings. The average Bonchev–Trinajstić information content (AvgIpc) is 2.11. The number of methoxy groups -OCH3 is 1. The molecular weight excluding hydrogens is 192 g/mol. The van der Waals surface area contributed by atoms with Crippen LogP contribution < -0.4 is 0 Å². The van der Waals surface area contributed by atoms with Gasteiger partial charge < -0.3 is 4.74 Å². The number of ether oxygens (including phenoxy) is 1. The van der Waals surface area contributed by atoms with Gasteiger partial charge in [0.25, 0.3) is 0 Å². The quantitative estimate of drug-likeness (QED) is 0.517. The monoisotopic (exact) mass is 210 g/mol. The van der Waals surface area contributed by atoms with Crippen LogP contribution in [0.3, 0.4) is 0 Å². The first-order valence-corrected chi connectivity index (χ1v) is 4.74.